The number of ether oxygens (including phenoxy) is 1. The van der Waals surface area contributed by atoms with Crippen LogP contribution in [0.3, 0.4) is 0 Å². The number of aromatic nitrogens is 2. The van der Waals surface area contributed by atoms with E-state index in [0.717, 1.165) is 11.3 Å². The van der Waals surface area contributed by atoms with Crippen molar-refractivity contribution in [3.63, 3.8) is 0 Å². The minimum absolute atomic E-state index is 0.126. The molecule has 2 N–H and O–H groups in total. The van der Waals surface area contributed by atoms with Gasteiger partial charge in [-0.15, -0.1) is 0 Å². The second kappa shape index (κ2) is 3.62. The first kappa shape index (κ1) is 9.89. The summed E-state index contributed by atoms with van der Waals surface area (Å²) in [4.78, 5) is 11.5. The van der Waals surface area contributed by atoms with Crippen LogP contribution in [0, 0.1) is 0 Å². The molecule has 1 unspecified atom stereocenters. The van der Waals surface area contributed by atoms with E-state index in [1.54, 1.807) is 13.1 Å². The molecule has 0 saturated carbocycles. The fourth-order valence-electron chi connectivity index (χ4n) is 1.79. The lowest BCUT2D eigenvalue weighted by Gasteiger charge is -2.23. The van der Waals surface area contributed by atoms with Crippen LogP contribution < -0.4 is 10.1 Å². The number of aromatic amines is 1. The molecule has 0 aliphatic carbocycles. The number of hydrogen-bond donors (Lipinski definition) is 2. The average molecular weight is 229 g/mol. The van der Waals surface area contributed by atoms with Gasteiger partial charge >= 0.3 is 0 Å². The number of nitrogens with zero attached hydrogens (tertiary/aromatic N) is 1. The first-order valence-corrected chi connectivity index (χ1v) is 5.35. The molecule has 5 nitrogen and oxygen atoms in total. The van der Waals surface area contributed by atoms with E-state index in [-0.39, 0.29) is 5.91 Å². The second-order valence-electron chi connectivity index (χ2n) is 3.93. The topological polar surface area (TPSA) is 67.0 Å². The average Bonchev–Trinajstić information content (AvgIpc) is 2.83. The summed E-state index contributed by atoms with van der Waals surface area (Å²) >= 11 is 0. The fourth-order valence-corrected chi connectivity index (χ4v) is 1.79. The minimum Gasteiger partial charge on any atom is -0.479 e. The third kappa shape index (κ3) is 1.65. The van der Waals surface area contributed by atoms with Crippen LogP contribution in [0.5, 0.6) is 5.75 Å². The summed E-state index contributed by atoms with van der Waals surface area (Å²) in [6.07, 6.45) is 1.24. The molecule has 17 heavy (non-hydrogen) atoms. The monoisotopic (exact) mass is 229 g/mol. The quantitative estimate of drug-likeness (QED) is 0.783. The highest BCUT2D eigenvalue weighted by Gasteiger charge is 2.23. The highest BCUT2D eigenvalue weighted by atomic mass is 16.5. The van der Waals surface area contributed by atoms with Crippen molar-refractivity contribution in [1.82, 2.24) is 10.2 Å². The molecule has 5 heteroatoms. The van der Waals surface area contributed by atoms with E-state index in [2.05, 4.69) is 15.5 Å². The van der Waals surface area contributed by atoms with Crippen LogP contribution in [0.4, 0.5) is 5.69 Å². The fraction of sp³-hybridized carbons (Fsp3) is 0.167. The van der Waals surface area contributed by atoms with Gasteiger partial charge in [0.15, 0.2) is 6.10 Å². The van der Waals surface area contributed by atoms with Gasteiger partial charge in [0, 0.05) is 11.8 Å². The predicted molar refractivity (Wildman–Crippen MR) is 62.7 cm³/mol. The molecule has 0 spiro atoms. The van der Waals surface area contributed by atoms with Crippen molar-refractivity contribution in [1.29, 1.82) is 0 Å². The highest BCUT2D eigenvalue weighted by molar-refractivity contribution is 5.98. The number of anilines is 1. The predicted octanol–water partition coefficient (Wildman–Crippen LogP) is 1.80. The van der Waals surface area contributed by atoms with Crippen LogP contribution in [0.2, 0.25) is 0 Å². The van der Waals surface area contributed by atoms with Crippen LogP contribution in [-0.4, -0.2) is 22.2 Å². The highest BCUT2D eigenvalue weighted by Crippen LogP contribution is 2.33. The lowest BCUT2D eigenvalue weighted by atomic mass is 10.1. The molecular weight excluding hydrogens is 218 g/mol. The summed E-state index contributed by atoms with van der Waals surface area (Å²) < 4.78 is 5.48. The molecule has 3 rings (SSSR count). The van der Waals surface area contributed by atoms with Crippen LogP contribution >= 0.6 is 0 Å². The van der Waals surface area contributed by atoms with E-state index in [0.29, 0.717) is 11.4 Å². The molecular formula is C12H11N3O2. The number of benzene rings is 1. The third-order valence-electron chi connectivity index (χ3n) is 2.72. The number of rotatable bonds is 1. The molecule has 2 aromatic rings. The maximum Gasteiger partial charge on any atom is 0.265 e. The summed E-state index contributed by atoms with van der Waals surface area (Å²) in [7, 11) is 0. The van der Waals surface area contributed by atoms with Gasteiger partial charge in [0.2, 0.25) is 0 Å². The molecule has 0 fully saturated rings. The zero-order chi connectivity index (χ0) is 11.8. The summed E-state index contributed by atoms with van der Waals surface area (Å²) in [5, 5.41) is 9.58. The van der Waals surface area contributed by atoms with Gasteiger partial charge in [0.25, 0.3) is 5.91 Å². The Balaban J connectivity index is 2.02. The Labute approximate surface area is 97.8 Å². The second-order valence-corrected chi connectivity index (χ2v) is 3.93. The maximum atomic E-state index is 11.5. The van der Waals surface area contributed by atoms with E-state index in [1.165, 1.54) is 0 Å². The van der Waals surface area contributed by atoms with Gasteiger partial charge in [0.1, 0.15) is 5.75 Å². The number of fused-ring (bicyclic) bond motifs is 1. The molecule has 1 aliphatic heterocycles. The number of H-pyrrole nitrogens is 1. The van der Waals surface area contributed by atoms with Gasteiger partial charge in [-0.1, -0.05) is 0 Å². The molecule has 86 valence electrons. The maximum absolute atomic E-state index is 11.5. The van der Waals surface area contributed by atoms with Gasteiger partial charge in [-0.05, 0) is 31.2 Å². The molecule has 2 heterocycles. The molecule has 1 atom stereocenters. The Morgan fingerprint density at radius 1 is 1.35 bits per heavy atom. The number of nitrogens with one attached hydrogen (secondary N) is 2. The van der Waals surface area contributed by atoms with E-state index >= 15 is 0 Å². The van der Waals surface area contributed by atoms with Crippen LogP contribution in [0.1, 0.15) is 6.92 Å². The van der Waals surface area contributed by atoms with Crippen molar-refractivity contribution in [2.24, 2.45) is 0 Å². The largest absolute Gasteiger partial charge is 0.479 e. The molecule has 1 amide bonds. The molecule has 1 aliphatic rings. The number of hydrogen-bond acceptors (Lipinski definition) is 3. The lowest BCUT2D eigenvalue weighted by molar-refractivity contribution is -0.122. The molecule has 0 saturated heterocycles. The molecule has 0 radical (unpaired) electrons. The van der Waals surface area contributed by atoms with Gasteiger partial charge in [0.05, 0.1) is 11.4 Å². The summed E-state index contributed by atoms with van der Waals surface area (Å²) in [5.74, 6) is 0.569. The lowest BCUT2D eigenvalue weighted by Crippen LogP contribution is -2.34. The van der Waals surface area contributed by atoms with E-state index < -0.39 is 6.10 Å². The first-order chi connectivity index (χ1) is 8.24. The molecule has 1 aromatic carbocycles. The minimum atomic E-state index is -0.444. The molecule has 1 aromatic heterocycles. The first-order valence-electron chi connectivity index (χ1n) is 5.35. The van der Waals surface area contributed by atoms with Crippen molar-refractivity contribution in [2.75, 3.05) is 5.32 Å². The van der Waals surface area contributed by atoms with Crippen molar-refractivity contribution >= 4 is 11.6 Å². The van der Waals surface area contributed by atoms with Crippen molar-refractivity contribution in [2.45, 2.75) is 13.0 Å². The number of carbonyl (C=O) groups excluding carboxylic acids is 1. The third-order valence-corrected chi connectivity index (χ3v) is 2.72. The summed E-state index contributed by atoms with van der Waals surface area (Å²) in [5.41, 5.74) is 2.56. The van der Waals surface area contributed by atoms with Crippen molar-refractivity contribution < 1.29 is 9.53 Å². The van der Waals surface area contributed by atoms with Crippen molar-refractivity contribution in [3.05, 3.63) is 30.5 Å². The Kier molecular flexibility index (Phi) is 2.11. The standard InChI is InChI=1S/C12H11N3O2/c1-7-12(16)14-10-6-8(2-3-11(10)17-7)9-4-5-13-15-9/h2-7H,1H3,(H,13,15)(H,14,16). The summed E-state index contributed by atoms with van der Waals surface area (Å²) in [6, 6.07) is 7.51. The number of amides is 1. The van der Waals surface area contributed by atoms with E-state index in [9.17, 15) is 4.79 Å². The zero-order valence-corrected chi connectivity index (χ0v) is 9.23. The Hall–Kier alpha value is -2.30. The van der Waals surface area contributed by atoms with Gasteiger partial charge < -0.3 is 10.1 Å². The Bertz CT molecular complexity index is 563. The van der Waals surface area contributed by atoms with E-state index in [4.69, 9.17) is 4.74 Å². The number of carbonyl (C=O) groups is 1. The normalized spacial score (nSPS) is 18.2. The van der Waals surface area contributed by atoms with Crippen LogP contribution in [-0.2, 0) is 4.79 Å². The van der Waals surface area contributed by atoms with Gasteiger partial charge in [-0.25, -0.2) is 0 Å². The summed E-state index contributed by atoms with van der Waals surface area (Å²) in [6.45, 7) is 1.72. The van der Waals surface area contributed by atoms with Crippen LogP contribution in [0.15, 0.2) is 30.5 Å². The zero-order valence-electron chi connectivity index (χ0n) is 9.23. The van der Waals surface area contributed by atoms with Gasteiger partial charge in [-0.2, -0.15) is 5.10 Å². The Morgan fingerprint density at radius 2 is 2.24 bits per heavy atom. The smallest absolute Gasteiger partial charge is 0.265 e. The van der Waals surface area contributed by atoms with E-state index in [1.807, 2.05) is 24.3 Å². The SMILES string of the molecule is CC1Oc2ccc(-c3ccn[nH]3)cc2NC1=O. The van der Waals surface area contributed by atoms with Crippen molar-refractivity contribution in [3.8, 4) is 17.0 Å². The molecule has 0 bridgehead atoms. The van der Waals surface area contributed by atoms with Gasteiger partial charge in [-0.3, -0.25) is 9.89 Å². The Morgan fingerprint density at radius 3 is 3.00 bits per heavy atom. The van der Waals surface area contributed by atoms with Crippen LogP contribution in [0.25, 0.3) is 11.3 Å².